The van der Waals surface area contributed by atoms with Crippen molar-refractivity contribution >= 4 is 13.5 Å². The molecule has 0 saturated carbocycles. The summed E-state index contributed by atoms with van der Waals surface area (Å²) in [5.41, 5.74) is 7.06. The molecule has 1 atom stereocenters. The number of nitrogens with two attached hydrogens (primary N) is 1. The van der Waals surface area contributed by atoms with Gasteiger partial charge in [-0.2, -0.15) is 13.5 Å². The summed E-state index contributed by atoms with van der Waals surface area (Å²) in [5, 5.41) is 0. The Morgan fingerprint density at radius 2 is 1.92 bits per heavy atom. The molecule has 0 amide bonds. The van der Waals surface area contributed by atoms with Crippen LogP contribution in [0.2, 0.25) is 0 Å². The molecule has 13 heavy (non-hydrogen) atoms. The SMILES string of the molecule is COC[C@@H](N)Cc1ccccc1.S. The van der Waals surface area contributed by atoms with Gasteiger partial charge in [-0.1, -0.05) is 30.3 Å². The van der Waals surface area contributed by atoms with Gasteiger partial charge in [-0.05, 0) is 12.0 Å². The van der Waals surface area contributed by atoms with Gasteiger partial charge in [0.15, 0.2) is 0 Å². The van der Waals surface area contributed by atoms with Gasteiger partial charge in [0.05, 0.1) is 6.61 Å². The summed E-state index contributed by atoms with van der Waals surface area (Å²) >= 11 is 0. The highest BCUT2D eigenvalue weighted by atomic mass is 32.1. The van der Waals surface area contributed by atoms with Gasteiger partial charge in [0.1, 0.15) is 0 Å². The van der Waals surface area contributed by atoms with Crippen LogP contribution in [0.15, 0.2) is 30.3 Å². The van der Waals surface area contributed by atoms with Gasteiger partial charge in [-0.15, -0.1) is 0 Å². The molecule has 3 heteroatoms. The summed E-state index contributed by atoms with van der Waals surface area (Å²) in [6.07, 6.45) is 0.884. The maximum atomic E-state index is 5.79. The van der Waals surface area contributed by atoms with E-state index in [9.17, 15) is 0 Å². The smallest absolute Gasteiger partial charge is 0.0616 e. The lowest BCUT2D eigenvalue weighted by molar-refractivity contribution is 0.180. The zero-order valence-electron chi connectivity index (χ0n) is 7.86. The molecule has 0 spiro atoms. The molecule has 1 rings (SSSR count). The average molecular weight is 199 g/mol. The second kappa shape index (κ2) is 6.95. The third kappa shape index (κ3) is 4.93. The van der Waals surface area contributed by atoms with Crippen LogP contribution in [0.4, 0.5) is 0 Å². The molecule has 0 aliphatic heterocycles. The Bertz CT molecular complexity index is 215. The molecule has 74 valence electrons. The maximum Gasteiger partial charge on any atom is 0.0616 e. The predicted molar refractivity (Wildman–Crippen MR) is 60.4 cm³/mol. The monoisotopic (exact) mass is 199 g/mol. The predicted octanol–water partition coefficient (Wildman–Crippen LogP) is 1.32. The standard InChI is InChI=1S/C10H15NO.H2S/c1-12-8-10(11)7-9-5-3-2-4-6-9;/h2-6,10H,7-8,11H2,1H3;1H2/t10-;/m0./s1. The largest absolute Gasteiger partial charge is 0.383 e. The first-order valence-electron chi connectivity index (χ1n) is 4.11. The minimum atomic E-state index is 0. The molecular formula is C10H17NOS. The van der Waals surface area contributed by atoms with Gasteiger partial charge in [-0.25, -0.2) is 0 Å². The molecule has 0 saturated heterocycles. The molecule has 2 N–H and O–H groups in total. The van der Waals surface area contributed by atoms with Crippen molar-refractivity contribution in [2.24, 2.45) is 5.73 Å². The first kappa shape index (κ1) is 12.5. The van der Waals surface area contributed by atoms with Crippen LogP contribution in [0.5, 0.6) is 0 Å². The Labute approximate surface area is 86.5 Å². The fourth-order valence-corrected chi connectivity index (χ4v) is 1.19. The van der Waals surface area contributed by atoms with E-state index >= 15 is 0 Å². The molecule has 0 fully saturated rings. The molecule has 0 aromatic heterocycles. The first-order chi connectivity index (χ1) is 5.83. The fourth-order valence-electron chi connectivity index (χ4n) is 1.19. The zero-order valence-corrected chi connectivity index (χ0v) is 8.86. The Kier molecular flexibility index (Phi) is 6.68. The van der Waals surface area contributed by atoms with Crippen molar-refractivity contribution < 1.29 is 4.74 Å². The van der Waals surface area contributed by atoms with Gasteiger partial charge in [0.2, 0.25) is 0 Å². The summed E-state index contributed by atoms with van der Waals surface area (Å²) in [7, 11) is 1.67. The Morgan fingerprint density at radius 1 is 1.31 bits per heavy atom. The van der Waals surface area contributed by atoms with Crippen molar-refractivity contribution in [1.29, 1.82) is 0 Å². The summed E-state index contributed by atoms with van der Waals surface area (Å²) in [5.74, 6) is 0. The average Bonchev–Trinajstić information content (AvgIpc) is 2.06. The third-order valence-electron chi connectivity index (χ3n) is 1.72. The van der Waals surface area contributed by atoms with Crippen LogP contribution in [-0.2, 0) is 11.2 Å². The van der Waals surface area contributed by atoms with Gasteiger partial charge in [0.25, 0.3) is 0 Å². The van der Waals surface area contributed by atoms with Crippen molar-refractivity contribution in [3.8, 4) is 0 Å². The van der Waals surface area contributed by atoms with Crippen LogP contribution in [-0.4, -0.2) is 19.8 Å². The molecular weight excluding hydrogens is 182 g/mol. The topological polar surface area (TPSA) is 35.2 Å². The molecule has 0 unspecified atom stereocenters. The molecule has 2 nitrogen and oxygen atoms in total. The van der Waals surface area contributed by atoms with Crippen molar-refractivity contribution in [2.45, 2.75) is 12.5 Å². The Balaban J connectivity index is 0.00000144. The maximum absolute atomic E-state index is 5.79. The summed E-state index contributed by atoms with van der Waals surface area (Å²) in [4.78, 5) is 0. The molecule has 0 radical (unpaired) electrons. The number of benzene rings is 1. The van der Waals surface area contributed by atoms with Crippen LogP contribution >= 0.6 is 13.5 Å². The minimum absolute atomic E-state index is 0. The Morgan fingerprint density at radius 3 is 2.46 bits per heavy atom. The number of methoxy groups -OCH3 is 1. The molecule has 0 heterocycles. The zero-order chi connectivity index (χ0) is 8.81. The molecule has 1 aromatic carbocycles. The van der Waals surface area contributed by atoms with Crippen molar-refractivity contribution in [2.75, 3.05) is 13.7 Å². The fraction of sp³-hybridized carbons (Fsp3) is 0.400. The van der Waals surface area contributed by atoms with Gasteiger partial charge < -0.3 is 10.5 Å². The minimum Gasteiger partial charge on any atom is -0.383 e. The van der Waals surface area contributed by atoms with E-state index in [4.69, 9.17) is 10.5 Å². The van der Waals surface area contributed by atoms with E-state index in [-0.39, 0.29) is 19.5 Å². The van der Waals surface area contributed by atoms with Crippen LogP contribution in [0, 0.1) is 0 Å². The first-order valence-corrected chi connectivity index (χ1v) is 4.11. The molecule has 0 aliphatic carbocycles. The third-order valence-corrected chi connectivity index (χ3v) is 1.72. The van der Waals surface area contributed by atoms with Gasteiger partial charge in [0, 0.05) is 13.2 Å². The van der Waals surface area contributed by atoms with E-state index in [1.807, 2.05) is 18.2 Å². The van der Waals surface area contributed by atoms with Crippen LogP contribution in [0.3, 0.4) is 0 Å². The highest BCUT2D eigenvalue weighted by Crippen LogP contribution is 2.01. The van der Waals surface area contributed by atoms with Crippen molar-refractivity contribution in [3.05, 3.63) is 35.9 Å². The van der Waals surface area contributed by atoms with E-state index in [2.05, 4.69) is 12.1 Å². The summed E-state index contributed by atoms with van der Waals surface area (Å²) < 4.78 is 4.95. The van der Waals surface area contributed by atoms with Gasteiger partial charge in [-0.3, -0.25) is 0 Å². The number of ether oxygens (including phenoxy) is 1. The van der Waals surface area contributed by atoms with E-state index in [1.165, 1.54) is 5.56 Å². The highest BCUT2D eigenvalue weighted by molar-refractivity contribution is 7.59. The second-order valence-electron chi connectivity index (χ2n) is 2.91. The highest BCUT2D eigenvalue weighted by Gasteiger charge is 2.01. The van der Waals surface area contributed by atoms with Gasteiger partial charge >= 0.3 is 0 Å². The van der Waals surface area contributed by atoms with E-state index in [1.54, 1.807) is 7.11 Å². The lowest BCUT2D eigenvalue weighted by atomic mass is 10.1. The van der Waals surface area contributed by atoms with Crippen LogP contribution in [0.1, 0.15) is 5.56 Å². The number of rotatable bonds is 4. The van der Waals surface area contributed by atoms with E-state index < -0.39 is 0 Å². The number of hydrogen-bond donors (Lipinski definition) is 1. The van der Waals surface area contributed by atoms with E-state index in [0.717, 1.165) is 6.42 Å². The van der Waals surface area contributed by atoms with E-state index in [0.29, 0.717) is 6.61 Å². The lowest BCUT2D eigenvalue weighted by Gasteiger charge is -2.09. The summed E-state index contributed by atoms with van der Waals surface area (Å²) in [6.45, 7) is 0.620. The second-order valence-corrected chi connectivity index (χ2v) is 2.91. The summed E-state index contributed by atoms with van der Waals surface area (Å²) in [6, 6.07) is 10.3. The van der Waals surface area contributed by atoms with Crippen LogP contribution in [0.25, 0.3) is 0 Å². The van der Waals surface area contributed by atoms with Crippen molar-refractivity contribution in [3.63, 3.8) is 0 Å². The molecule has 0 aliphatic rings. The molecule has 1 aromatic rings. The normalized spacial score (nSPS) is 11.8. The lowest BCUT2D eigenvalue weighted by Crippen LogP contribution is -2.27. The van der Waals surface area contributed by atoms with Crippen LogP contribution < -0.4 is 5.73 Å². The molecule has 0 bridgehead atoms. The quantitative estimate of drug-likeness (QED) is 0.793. The number of hydrogen-bond acceptors (Lipinski definition) is 2. The Hall–Kier alpha value is -0.510. The van der Waals surface area contributed by atoms with Crippen molar-refractivity contribution in [1.82, 2.24) is 0 Å².